The van der Waals surface area contributed by atoms with Gasteiger partial charge in [-0.05, 0) is 49.1 Å². The van der Waals surface area contributed by atoms with Crippen LogP contribution in [0.4, 0.5) is 18.9 Å². The minimum Gasteiger partial charge on any atom is -0.388 e. The molecular weight excluding hydrogens is 321 g/mol. The van der Waals surface area contributed by atoms with Crippen LogP contribution in [-0.2, 0) is 10.2 Å². The fourth-order valence-electron chi connectivity index (χ4n) is 3.10. The van der Waals surface area contributed by atoms with Gasteiger partial charge in [-0.15, -0.1) is 0 Å². The molecule has 2 unspecified atom stereocenters. The molecule has 0 spiro atoms. The van der Waals surface area contributed by atoms with Gasteiger partial charge in [0.05, 0.1) is 18.7 Å². The van der Waals surface area contributed by atoms with Crippen LogP contribution >= 0.6 is 0 Å². The van der Waals surface area contributed by atoms with Crippen molar-refractivity contribution < 1.29 is 23.1 Å². The molecule has 24 heavy (non-hydrogen) atoms. The second-order valence-electron chi connectivity index (χ2n) is 7.10. The standard InChI is InChI=1S/C17H23F3N2O2/c1-10(22(4)9-17(18,19)20)15(24)21-11-5-6-13-12(7-11)14(23)8-16(13,2)3/h5-7,10,14,23H,8-9H2,1-4H3,(H,21,24). The van der Waals surface area contributed by atoms with Crippen molar-refractivity contribution in [3.05, 3.63) is 29.3 Å². The number of likely N-dealkylation sites (N-methyl/N-ethyl adjacent to an activating group) is 1. The van der Waals surface area contributed by atoms with E-state index in [-0.39, 0.29) is 5.41 Å². The maximum atomic E-state index is 12.4. The number of halogens is 3. The zero-order chi connectivity index (χ0) is 18.3. The number of aliphatic hydroxyl groups excluding tert-OH is 1. The number of carbonyl (C=O) groups is 1. The zero-order valence-electron chi connectivity index (χ0n) is 14.2. The fraction of sp³-hybridized carbons (Fsp3) is 0.588. The van der Waals surface area contributed by atoms with Gasteiger partial charge in [-0.2, -0.15) is 13.2 Å². The number of amides is 1. The summed E-state index contributed by atoms with van der Waals surface area (Å²) in [6, 6.07) is 4.34. The van der Waals surface area contributed by atoms with Gasteiger partial charge < -0.3 is 10.4 Å². The van der Waals surface area contributed by atoms with Crippen LogP contribution in [-0.4, -0.2) is 41.7 Å². The molecule has 4 nitrogen and oxygen atoms in total. The summed E-state index contributed by atoms with van der Waals surface area (Å²) in [4.78, 5) is 13.1. The number of fused-ring (bicyclic) bond motifs is 1. The summed E-state index contributed by atoms with van der Waals surface area (Å²) in [5.74, 6) is -0.520. The lowest BCUT2D eigenvalue weighted by Gasteiger charge is -2.25. The summed E-state index contributed by atoms with van der Waals surface area (Å²) < 4.78 is 37.3. The molecule has 0 fully saturated rings. The highest BCUT2D eigenvalue weighted by atomic mass is 19.4. The number of hydrogen-bond acceptors (Lipinski definition) is 3. The van der Waals surface area contributed by atoms with E-state index in [9.17, 15) is 23.1 Å². The van der Waals surface area contributed by atoms with Crippen molar-refractivity contribution in [1.82, 2.24) is 4.90 Å². The first-order valence-electron chi connectivity index (χ1n) is 7.81. The van der Waals surface area contributed by atoms with Crippen molar-refractivity contribution >= 4 is 11.6 Å². The second-order valence-corrected chi connectivity index (χ2v) is 7.10. The Kier molecular flexibility index (Phi) is 4.97. The molecule has 0 aliphatic heterocycles. The van der Waals surface area contributed by atoms with Crippen LogP contribution in [0.25, 0.3) is 0 Å². The lowest BCUT2D eigenvalue weighted by Crippen LogP contribution is -2.44. The predicted octanol–water partition coefficient (Wildman–Crippen LogP) is 3.22. The minimum atomic E-state index is -4.35. The third-order valence-corrected chi connectivity index (χ3v) is 4.58. The van der Waals surface area contributed by atoms with Crippen LogP contribution in [0.3, 0.4) is 0 Å². The van der Waals surface area contributed by atoms with Crippen molar-refractivity contribution in [3.63, 3.8) is 0 Å². The van der Waals surface area contributed by atoms with Crippen LogP contribution in [0, 0.1) is 0 Å². The van der Waals surface area contributed by atoms with E-state index in [0.29, 0.717) is 12.1 Å². The van der Waals surface area contributed by atoms with E-state index >= 15 is 0 Å². The number of benzene rings is 1. The van der Waals surface area contributed by atoms with E-state index in [1.54, 1.807) is 12.1 Å². The molecule has 2 rings (SSSR count). The Morgan fingerprint density at radius 3 is 2.67 bits per heavy atom. The number of aliphatic hydroxyl groups is 1. The molecule has 134 valence electrons. The SMILES string of the molecule is CC(C(=O)Nc1ccc2c(c1)C(O)CC2(C)C)N(C)CC(F)(F)F. The number of nitrogens with zero attached hydrogens (tertiary/aromatic N) is 1. The Morgan fingerprint density at radius 2 is 2.08 bits per heavy atom. The topological polar surface area (TPSA) is 52.6 Å². The van der Waals surface area contributed by atoms with Gasteiger partial charge in [0.25, 0.3) is 0 Å². The number of alkyl halides is 3. The largest absolute Gasteiger partial charge is 0.401 e. The van der Waals surface area contributed by atoms with Gasteiger partial charge in [-0.1, -0.05) is 19.9 Å². The summed E-state index contributed by atoms with van der Waals surface area (Å²) in [7, 11) is 1.26. The van der Waals surface area contributed by atoms with Gasteiger partial charge >= 0.3 is 6.18 Å². The van der Waals surface area contributed by atoms with Gasteiger partial charge in [-0.25, -0.2) is 0 Å². The van der Waals surface area contributed by atoms with Crippen molar-refractivity contribution in [2.75, 3.05) is 18.9 Å². The zero-order valence-corrected chi connectivity index (χ0v) is 14.2. The Morgan fingerprint density at radius 1 is 1.46 bits per heavy atom. The number of carbonyl (C=O) groups excluding carboxylic acids is 1. The van der Waals surface area contributed by atoms with E-state index in [2.05, 4.69) is 5.32 Å². The lowest BCUT2D eigenvalue weighted by molar-refractivity contribution is -0.149. The maximum absolute atomic E-state index is 12.4. The smallest absolute Gasteiger partial charge is 0.388 e. The average Bonchev–Trinajstić information content (AvgIpc) is 2.65. The van der Waals surface area contributed by atoms with Gasteiger partial charge in [0, 0.05) is 5.69 Å². The van der Waals surface area contributed by atoms with Gasteiger partial charge in [0.15, 0.2) is 0 Å². The highest BCUT2D eigenvalue weighted by molar-refractivity contribution is 5.94. The summed E-state index contributed by atoms with van der Waals surface area (Å²) in [5.41, 5.74) is 2.12. The molecule has 0 aromatic heterocycles. The maximum Gasteiger partial charge on any atom is 0.401 e. The molecule has 0 radical (unpaired) electrons. The van der Waals surface area contributed by atoms with Crippen molar-refractivity contribution in [2.24, 2.45) is 0 Å². The molecule has 1 aliphatic rings. The van der Waals surface area contributed by atoms with Gasteiger partial charge in [0.1, 0.15) is 0 Å². The molecule has 2 atom stereocenters. The van der Waals surface area contributed by atoms with Crippen LogP contribution < -0.4 is 5.32 Å². The quantitative estimate of drug-likeness (QED) is 0.882. The van der Waals surface area contributed by atoms with Crippen molar-refractivity contribution in [1.29, 1.82) is 0 Å². The van der Waals surface area contributed by atoms with E-state index in [0.717, 1.165) is 16.0 Å². The lowest BCUT2D eigenvalue weighted by atomic mass is 9.86. The molecule has 1 aliphatic carbocycles. The average molecular weight is 344 g/mol. The van der Waals surface area contributed by atoms with E-state index in [1.807, 2.05) is 19.9 Å². The number of rotatable bonds is 4. The minimum absolute atomic E-state index is 0.141. The van der Waals surface area contributed by atoms with Gasteiger partial charge in [0.2, 0.25) is 5.91 Å². The molecular formula is C17H23F3N2O2. The Bertz CT molecular complexity index is 629. The summed E-state index contributed by atoms with van der Waals surface area (Å²) in [6.45, 7) is 4.34. The Hall–Kier alpha value is -1.60. The molecule has 0 heterocycles. The first-order valence-corrected chi connectivity index (χ1v) is 7.81. The molecule has 0 saturated carbocycles. The van der Waals surface area contributed by atoms with Crippen molar-refractivity contribution in [2.45, 2.75) is 50.9 Å². The molecule has 1 amide bonds. The van der Waals surface area contributed by atoms with E-state index in [1.165, 1.54) is 14.0 Å². The third kappa shape index (κ3) is 4.08. The normalized spacial score (nSPS) is 20.8. The summed E-state index contributed by atoms with van der Waals surface area (Å²) in [6.07, 6.45) is -4.35. The second kappa shape index (κ2) is 6.37. The Balaban J connectivity index is 2.09. The van der Waals surface area contributed by atoms with Crippen LogP contribution in [0.15, 0.2) is 18.2 Å². The third-order valence-electron chi connectivity index (χ3n) is 4.58. The summed E-state index contributed by atoms with van der Waals surface area (Å²) in [5, 5.41) is 12.8. The number of nitrogens with one attached hydrogen (secondary N) is 1. The van der Waals surface area contributed by atoms with E-state index in [4.69, 9.17) is 0 Å². The molecule has 7 heteroatoms. The fourth-order valence-corrected chi connectivity index (χ4v) is 3.10. The van der Waals surface area contributed by atoms with E-state index < -0.39 is 30.8 Å². The monoisotopic (exact) mass is 344 g/mol. The number of hydrogen-bond donors (Lipinski definition) is 2. The van der Waals surface area contributed by atoms with Gasteiger partial charge in [-0.3, -0.25) is 9.69 Å². The van der Waals surface area contributed by atoms with Crippen molar-refractivity contribution in [3.8, 4) is 0 Å². The number of anilines is 1. The molecule has 1 aromatic rings. The highest BCUT2D eigenvalue weighted by Crippen LogP contribution is 2.45. The Labute approximate surface area is 139 Å². The molecule has 1 aromatic carbocycles. The van der Waals surface area contributed by atoms with Crippen LogP contribution in [0.5, 0.6) is 0 Å². The molecule has 0 bridgehead atoms. The first-order chi connectivity index (χ1) is 10.9. The first kappa shape index (κ1) is 18.7. The molecule has 2 N–H and O–H groups in total. The predicted molar refractivity (Wildman–Crippen MR) is 85.8 cm³/mol. The van der Waals surface area contributed by atoms with Crippen LogP contribution in [0.2, 0.25) is 0 Å². The molecule has 0 saturated heterocycles. The highest BCUT2D eigenvalue weighted by Gasteiger charge is 2.36. The van der Waals surface area contributed by atoms with Crippen LogP contribution in [0.1, 0.15) is 44.4 Å². The summed E-state index contributed by atoms with van der Waals surface area (Å²) >= 11 is 0.